The lowest BCUT2D eigenvalue weighted by molar-refractivity contribution is -0.159. The summed E-state index contributed by atoms with van der Waals surface area (Å²) in [5.41, 5.74) is 0.124. The Bertz CT molecular complexity index is 571. The van der Waals surface area contributed by atoms with Crippen LogP contribution in [0.5, 0.6) is 0 Å². The molecule has 0 amide bonds. The van der Waals surface area contributed by atoms with Gasteiger partial charge in [0.05, 0.1) is 0 Å². The molecule has 4 aliphatic carbocycles. The minimum atomic E-state index is -0.855. The molecule has 0 aromatic heterocycles. The van der Waals surface area contributed by atoms with Gasteiger partial charge in [-0.15, -0.1) is 6.42 Å². The zero-order valence-corrected chi connectivity index (χ0v) is 16.2. The van der Waals surface area contributed by atoms with Crippen LogP contribution in [0.25, 0.3) is 0 Å². The Balaban J connectivity index is 1.68. The second kappa shape index (κ2) is 5.03. The molecule has 1 nitrogen and oxygen atoms in total. The van der Waals surface area contributed by atoms with Crippen LogP contribution in [0.1, 0.15) is 85.5 Å². The van der Waals surface area contributed by atoms with Crippen LogP contribution in [0, 0.1) is 52.3 Å². The Morgan fingerprint density at radius 1 is 0.875 bits per heavy atom. The van der Waals surface area contributed by atoms with Crippen LogP contribution in [0.2, 0.25) is 0 Å². The van der Waals surface area contributed by atoms with Crippen LogP contribution in [-0.4, -0.2) is 10.7 Å². The summed E-state index contributed by atoms with van der Waals surface area (Å²) >= 11 is 0. The fourth-order valence-electron chi connectivity index (χ4n) is 8.45. The van der Waals surface area contributed by atoms with E-state index in [2.05, 4.69) is 33.6 Å². The molecule has 134 valence electrons. The van der Waals surface area contributed by atoms with Gasteiger partial charge < -0.3 is 5.11 Å². The molecule has 6 unspecified atom stereocenters. The normalized spacial score (nSPS) is 55.8. The largest absolute Gasteiger partial charge is 0.377 e. The Hall–Kier alpha value is -0.480. The highest BCUT2D eigenvalue weighted by Crippen LogP contribution is 2.70. The molecule has 7 atom stereocenters. The Kier molecular flexibility index (Phi) is 3.56. The quantitative estimate of drug-likeness (QED) is 0.589. The number of hydrogen-bond acceptors (Lipinski definition) is 1. The molecule has 4 saturated carbocycles. The average Bonchev–Trinajstić information content (AvgIpc) is 2.79. The van der Waals surface area contributed by atoms with Crippen molar-refractivity contribution in [2.45, 2.75) is 91.1 Å². The van der Waals surface area contributed by atoms with Crippen LogP contribution in [0.15, 0.2) is 0 Å². The van der Waals surface area contributed by atoms with Gasteiger partial charge in [0, 0.05) is 5.41 Å². The molecule has 1 heteroatoms. The predicted molar refractivity (Wildman–Crippen MR) is 99.3 cm³/mol. The third kappa shape index (κ3) is 1.93. The number of aliphatic hydroxyl groups is 1. The maximum Gasteiger partial charge on any atom is 0.130 e. The van der Waals surface area contributed by atoms with E-state index in [0.717, 1.165) is 37.0 Å². The van der Waals surface area contributed by atoms with Gasteiger partial charge in [0.1, 0.15) is 5.60 Å². The SMILES string of the molecule is C#C[C@]1(O)CCC2C3CCC4C(C)(C)CCCC4(C)C3CCC21C. The molecule has 0 aromatic carbocycles. The third-order valence-electron chi connectivity index (χ3n) is 9.74. The first kappa shape index (κ1) is 17.0. The van der Waals surface area contributed by atoms with Gasteiger partial charge in [-0.05, 0) is 85.9 Å². The average molecular weight is 329 g/mol. The molecule has 0 aliphatic heterocycles. The van der Waals surface area contributed by atoms with Gasteiger partial charge in [-0.2, -0.15) is 0 Å². The Labute approximate surface area is 149 Å². The van der Waals surface area contributed by atoms with E-state index in [4.69, 9.17) is 6.42 Å². The van der Waals surface area contributed by atoms with Crippen LogP contribution in [0.3, 0.4) is 0 Å². The van der Waals surface area contributed by atoms with E-state index in [9.17, 15) is 5.11 Å². The molecule has 1 N–H and O–H groups in total. The first-order valence-corrected chi connectivity index (χ1v) is 10.4. The minimum Gasteiger partial charge on any atom is -0.377 e. The second-order valence-electron chi connectivity index (χ2n) is 10.9. The van der Waals surface area contributed by atoms with Crippen molar-refractivity contribution in [3.63, 3.8) is 0 Å². The molecule has 0 aromatic rings. The van der Waals surface area contributed by atoms with E-state index in [1.54, 1.807) is 0 Å². The highest BCUT2D eigenvalue weighted by molar-refractivity contribution is 5.23. The molecule has 0 saturated heterocycles. The van der Waals surface area contributed by atoms with Crippen molar-refractivity contribution in [1.82, 2.24) is 0 Å². The summed E-state index contributed by atoms with van der Waals surface area (Å²) in [6.07, 6.45) is 17.2. The molecule has 4 aliphatic rings. The summed E-state index contributed by atoms with van der Waals surface area (Å²) in [7, 11) is 0. The third-order valence-corrected chi connectivity index (χ3v) is 9.74. The van der Waals surface area contributed by atoms with Crippen molar-refractivity contribution in [2.24, 2.45) is 39.9 Å². The van der Waals surface area contributed by atoms with Crippen LogP contribution < -0.4 is 0 Å². The Morgan fingerprint density at radius 3 is 2.29 bits per heavy atom. The van der Waals surface area contributed by atoms with E-state index >= 15 is 0 Å². The van der Waals surface area contributed by atoms with E-state index in [1.165, 1.54) is 38.5 Å². The van der Waals surface area contributed by atoms with Crippen LogP contribution in [-0.2, 0) is 0 Å². The number of terminal acetylenes is 1. The molecule has 4 rings (SSSR count). The summed E-state index contributed by atoms with van der Waals surface area (Å²) in [5, 5.41) is 11.1. The van der Waals surface area contributed by atoms with Crippen molar-refractivity contribution in [1.29, 1.82) is 0 Å². The first-order valence-electron chi connectivity index (χ1n) is 10.4. The lowest BCUT2D eigenvalue weighted by Crippen LogP contribution is -2.58. The summed E-state index contributed by atoms with van der Waals surface area (Å²) in [6.45, 7) is 9.98. The zero-order chi connectivity index (χ0) is 17.4. The van der Waals surface area contributed by atoms with Gasteiger partial charge in [-0.1, -0.05) is 40.0 Å². The summed E-state index contributed by atoms with van der Waals surface area (Å²) in [4.78, 5) is 0. The smallest absolute Gasteiger partial charge is 0.130 e. The van der Waals surface area contributed by atoms with Crippen LogP contribution >= 0.6 is 0 Å². The van der Waals surface area contributed by atoms with Gasteiger partial charge in [0.2, 0.25) is 0 Å². The van der Waals surface area contributed by atoms with Crippen molar-refractivity contribution in [3.05, 3.63) is 0 Å². The highest BCUT2D eigenvalue weighted by Gasteiger charge is 2.65. The summed E-state index contributed by atoms with van der Waals surface area (Å²) in [6, 6.07) is 0. The lowest BCUT2D eigenvalue weighted by atomic mass is 9.41. The van der Waals surface area contributed by atoms with E-state index < -0.39 is 5.60 Å². The van der Waals surface area contributed by atoms with Crippen molar-refractivity contribution < 1.29 is 5.11 Å². The minimum absolute atomic E-state index is 0.0453. The predicted octanol–water partition coefficient (Wildman–Crippen LogP) is 5.42. The molecular formula is C23H36O. The van der Waals surface area contributed by atoms with Gasteiger partial charge in [-0.3, -0.25) is 0 Å². The molecule has 0 spiro atoms. The summed E-state index contributed by atoms with van der Waals surface area (Å²) in [5.74, 6) is 5.98. The molecule has 0 radical (unpaired) electrons. The standard InChI is InChI=1S/C23H36O/c1-6-23(24)15-11-18-16-8-9-19-20(2,3)12-7-13-21(19,4)17(16)10-14-22(18,23)5/h1,16-19,24H,7-15H2,2-5H3/t16?,17?,18?,19?,21?,22?,23-/m0/s1. The number of fused-ring (bicyclic) bond motifs is 5. The molecule has 4 fully saturated rings. The second-order valence-corrected chi connectivity index (χ2v) is 10.9. The van der Waals surface area contributed by atoms with Gasteiger partial charge >= 0.3 is 0 Å². The van der Waals surface area contributed by atoms with Gasteiger partial charge in [0.15, 0.2) is 0 Å². The molecular weight excluding hydrogens is 292 g/mol. The van der Waals surface area contributed by atoms with E-state index in [-0.39, 0.29) is 5.41 Å². The fraction of sp³-hybridized carbons (Fsp3) is 0.913. The van der Waals surface area contributed by atoms with Gasteiger partial charge in [-0.25, -0.2) is 0 Å². The van der Waals surface area contributed by atoms with Crippen molar-refractivity contribution >= 4 is 0 Å². The number of hydrogen-bond donors (Lipinski definition) is 1. The monoisotopic (exact) mass is 328 g/mol. The maximum atomic E-state index is 11.1. The molecule has 24 heavy (non-hydrogen) atoms. The van der Waals surface area contributed by atoms with E-state index in [1.807, 2.05) is 0 Å². The lowest BCUT2D eigenvalue weighted by Gasteiger charge is -2.64. The number of rotatable bonds is 0. The maximum absolute atomic E-state index is 11.1. The summed E-state index contributed by atoms with van der Waals surface area (Å²) < 4.78 is 0. The first-order chi connectivity index (χ1) is 11.2. The van der Waals surface area contributed by atoms with Crippen LogP contribution in [0.4, 0.5) is 0 Å². The zero-order valence-electron chi connectivity index (χ0n) is 16.2. The fourth-order valence-corrected chi connectivity index (χ4v) is 8.45. The van der Waals surface area contributed by atoms with E-state index in [0.29, 0.717) is 16.7 Å². The highest BCUT2D eigenvalue weighted by atomic mass is 16.3. The van der Waals surface area contributed by atoms with Crippen molar-refractivity contribution in [3.8, 4) is 12.3 Å². The molecule has 0 heterocycles. The van der Waals surface area contributed by atoms with Crippen molar-refractivity contribution in [2.75, 3.05) is 0 Å². The van der Waals surface area contributed by atoms with Gasteiger partial charge in [0.25, 0.3) is 0 Å². The topological polar surface area (TPSA) is 20.2 Å². The Morgan fingerprint density at radius 2 is 1.58 bits per heavy atom. The molecule has 0 bridgehead atoms.